The summed E-state index contributed by atoms with van der Waals surface area (Å²) in [5, 5.41) is 7.38. The number of carbonyl (C=O) groups excluding carboxylic acids is 1. The Labute approximate surface area is 173 Å². The van der Waals surface area contributed by atoms with Gasteiger partial charge >= 0.3 is 0 Å². The first-order valence-corrected chi connectivity index (χ1v) is 9.90. The standard InChI is InChI=1S/C21H21ClFN5O/c1-14-19(20(22)28(26-14)17-7-5-16(23)6-8-17)21(29)25-13-15-4-9-18(24-12-15)27-10-2-3-11-27/h4-9,12H,2-3,10-11,13H2,1H3,(H,25,29). The molecule has 3 heterocycles. The van der Waals surface area contributed by atoms with Crippen molar-refractivity contribution in [1.82, 2.24) is 20.1 Å². The molecule has 1 aliphatic rings. The third kappa shape index (κ3) is 4.10. The molecule has 8 heteroatoms. The highest BCUT2D eigenvalue weighted by Crippen LogP contribution is 2.24. The van der Waals surface area contributed by atoms with Crippen LogP contribution < -0.4 is 10.2 Å². The van der Waals surface area contributed by atoms with Gasteiger partial charge in [-0.1, -0.05) is 17.7 Å². The molecule has 4 rings (SSSR count). The monoisotopic (exact) mass is 413 g/mol. The third-order valence-electron chi connectivity index (χ3n) is 4.99. The molecule has 0 radical (unpaired) electrons. The third-order valence-corrected chi connectivity index (χ3v) is 5.34. The van der Waals surface area contributed by atoms with Crippen LogP contribution in [0.25, 0.3) is 5.69 Å². The summed E-state index contributed by atoms with van der Waals surface area (Å²) in [5.74, 6) is 0.303. The number of nitrogens with zero attached hydrogens (tertiary/aromatic N) is 4. The average molecular weight is 414 g/mol. The number of hydrogen-bond donors (Lipinski definition) is 1. The van der Waals surface area contributed by atoms with Crippen LogP contribution in [-0.4, -0.2) is 33.8 Å². The van der Waals surface area contributed by atoms with Gasteiger partial charge in [0, 0.05) is 25.8 Å². The van der Waals surface area contributed by atoms with E-state index in [0.29, 0.717) is 23.5 Å². The minimum Gasteiger partial charge on any atom is -0.357 e. The van der Waals surface area contributed by atoms with Gasteiger partial charge < -0.3 is 10.2 Å². The van der Waals surface area contributed by atoms with Crippen LogP contribution in [0.3, 0.4) is 0 Å². The molecular weight excluding hydrogens is 393 g/mol. The van der Waals surface area contributed by atoms with E-state index in [9.17, 15) is 9.18 Å². The zero-order valence-electron chi connectivity index (χ0n) is 16.0. The van der Waals surface area contributed by atoms with Gasteiger partial charge in [-0.25, -0.2) is 14.1 Å². The molecule has 1 aromatic carbocycles. The molecule has 1 fully saturated rings. The molecule has 2 aromatic heterocycles. The molecule has 0 atom stereocenters. The first-order valence-electron chi connectivity index (χ1n) is 9.52. The normalized spacial score (nSPS) is 13.7. The van der Waals surface area contributed by atoms with E-state index in [-0.39, 0.29) is 16.9 Å². The number of halogens is 2. The fraction of sp³-hybridized carbons (Fsp3) is 0.286. The van der Waals surface area contributed by atoms with Gasteiger partial charge in [0.1, 0.15) is 16.8 Å². The number of rotatable bonds is 5. The van der Waals surface area contributed by atoms with E-state index in [1.807, 2.05) is 12.1 Å². The maximum Gasteiger partial charge on any atom is 0.256 e. The molecule has 3 aromatic rings. The Morgan fingerprint density at radius 1 is 1.17 bits per heavy atom. The molecule has 0 aliphatic carbocycles. The Morgan fingerprint density at radius 3 is 2.55 bits per heavy atom. The zero-order chi connectivity index (χ0) is 20.4. The number of carbonyl (C=O) groups is 1. The van der Waals surface area contributed by atoms with Crippen LogP contribution in [-0.2, 0) is 6.54 Å². The number of aryl methyl sites for hydroxylation is 1. The molecule has 0 bridgehead atoms. The predicted molar refractivity (Wildman–Crippen MR) is 110 cm³/mol. The smallest absolute Gasteiger partial charge is 0.256 e. The second kappa shape index (κ2) is 8.21. The van der Waals surface area contributed by atoms with Gasteiger partial charge in [0.25, 0.3) is 5.91 Å². The lowest BCUT2D eigenvalue weighted by atomic mass is 10.2. The lowest BCUT2D eigenvalue weighted by Crippen LogP contribution is -2.24. The van der Waals surface area contributed by atoms with Crippen molar-refractivity contribution in [2.75, 3.05) is 18.0 Å². The molecule has 1 amide bonds. The minimum atomic E-state index is -0.351. The quantitative estimate of drug-likeness (QED) is 0.689. The van der Waals surface area contributed by atoms with Crippen molar-refractivity contribution >= 4 is 23.3 Å². The molecule has 1 saturated heterocycles. The predicted octanol–water partition coefficient (Wildman–Crippen LogP) is 3.90. The van der Waals surface area contributed by atoms with Crippen LogP contribution in [0.2, 0.25) is 5.15 Å². The summed E-state index contributed by atoms with van der Waals surface area (Å²) in [4.78, 5) is 19.5. The summed E-state index contributed by atoms with van der Waals surface area (Å²) < 4.78 is 14.6. The van der Waals surface area contributed by atoms with Gasteiger partial charge in [0.2, 0.25) is 0 Å². The van der Waals surface area contributed by atoms with E-state index >= 15 is 0 Å². The zero-order valence-corrected chi connectivity index (χ0v) is 16.8. The number of amides is 1. The topological polar surface area (TPSA) is 63.1 Å². The van der Waals surface area contributed by atoms with Gasteiger partial charge in [-0.3, -0.25) is 4.79 Å². The fourth-order valence-corrected chi connectivity index (χ4v) is 3.79. The maximum absolute atomic E-state index is 13.2. The summed E-state index contributed by atoms with van der Waals surface area (Å²) in [6.45, 7) is 4.13. The van der Waals surface area contributed by atoms with Crippen molar-refractivity contribution in [2.24, 2.45) is 0 Å². The van der Waals surface area contributed by atoms with Crippen molar-refractivity contribution in [1.29, 1.82) is 0 Å². The number of hydrogen-bond acceptors (Lipinski definition) is 4. The highest BCUT2D eigenvalue weighted by Gasteiger charge is 2.21. The number of benzene rings is 1. The summed E-state index contributed by atoms with van der Waals surface area (Å²) >= 11 is 6.40. The summed E-state index contributed by atoms with van der Waals surface area (Å²) in [6, 6.07) is 9.71. The van der Waals surface area contributed by atoms with Crippen LogP contribution >= 0.6 is 11.6 Å². The van der Waals surface area contributed by atoms with Crippen molar-refractivity contribution in [3.63, 3.8) is 0 Å². The van der Waals surface area contributed by atoms with E-state index in [1.54, 1.807) is 25.3 Å². The van der Waals surface area contributed by atoms with Crippen molar-refractivity contribution < 1.29 is 9.18 Å². The molecule has 6 nitrogen and oxygen atoms in total. The van der Waals surface area contributed by atoms with Gasteiger partial charge in [-0.15, -0.1) is 0 Å². The Kier molecular flexibility index (Phi) is 5.49. The highest BCUT2D eigenvalue weighted by atomic mass is 35.5. The Balaban J connectivity index is 1.45. The van der Waals surface area contributed by atoms with Crippen molar-refractivity contribution in [2.45, 2.75) is 26.3 Å². The van der Waals surface area contributed by atoms with E-state index in [2.05, 4.69) is 20.3 Å². The summed E-state index contributed by atoms with van der Waals surface area (Å²) in [5.41, 5.74) is 2.29. The number of anilines is 1. The maximum atomic E-state index is 13.2. The highest BCUT2D eigenvalue weighted by molar-refractivity contribution is 6.33. The minimum absolute atomic E-state index is 0.189. The summed E-state index contributed by atoms with van der Waals surface area (Å²) in [7, 11) is 0. The lowest BCUT2D eigenvalue weighted by molar-refractivity contribution is 0.0950. The Bertz CT molecular complexity index is 1010. The second-order valence-corrected chi connectivity index (χ2v) is 7.40. The second-order valence-electron chi connectivity index (χ2n) is 7.04. The van der Waals surface area contributed by atoms with Gasteiger partial charge in [0.15, 0.2) is 0 Å². The molecule has 1 N–H and O–H groups in total. The van der Waals surface area contributed by atoms with E-state index < -0.39 is 0 Å². The molecule has 0 saturated carbocycles. The van der Waals surface area contributed by atoms with Crippen LogP contribution in [0.4, 0.5) is 10.2 Å². The molecule has 150 valence electrons. The van der Waals surface area contributed by atoms with Crippen molar-refractivity contribution in [3.8, 4) is 5.69 Å². The van der Waals surface area contributed by atoms with Crippen LogP contribution in [0.5, 0.6) is 0 Å². The van der Waals surface area contributed by atoms with Gasteiger partial charge in [0.05, 0.1) is 16.9 Å². The number of nitrogens with one attached hydrogen (secondary N) is 1. The number of pyridine rings is 1. The van der Waals surface area contributed by atoms with Crippen LogP contribution in [0.15, 0.2) is 42.6 Å². The Hall–Kier alpha value is -2.93. The largest absolute Gasteiger partial charge is 0.357 e. The van der Waals surface area contributed by atoms with Gasteiger partial charge in [-0.2, -0.15) is 5.10 Å². The first-order chi connectivity index (χ1) is 14.0. The first kappa shape index (κ1) is 19.4. The summed E-state index contributed by atoms with van der Waals surface area (Å²) in [6.07, 6.45) is 4.18. The molecule has 1 aliphatic heterocycles. The van der Waals surface area contributed by atoms with E-state index in [1.165, 1.54) is 29.7 Å². The molecule has 29 heavy (non-hydrogen) atoms. The molecule has 0 spiro atoms. The lowest BCUT2D eigenvalue weighted by Gasteiger charge is -2.16. The fourth-order valence-electron chi connectivity index (χ4n) is 3.44. The van der Waals surface area contributed by atoms with Crippen molar-refractivity contribution in [3.05, 3.63) is 70.4 Å². The SMILES string of the molecule is Cc1nn(-c2ccc(F)cc2)c(Cl)c1C(=O)NCc1ccc(N2CCCC2)nc1. The number of aromatic nitrogens is 3. The van der Waals surface area contributed by atoms with Crippen LogP contribution in [0, 0.1) is 12.7 Å². The Morgan fingerprint density at radius 2 is 1.90 bits per heavy atom. The average Bonchev–Trinajstić information content (AvgIpc) is 3.36. The molecular formula is C21H21ClFN5O. The van der Waals surface area contributed by atoms with E-state index in [0.717, 1.165) is 24.5 Å². The molecule has 0 unspecified atom stereocenters. The van der Waals surface area contributed by atoms with Crippen LogP contribution in [0.1, 0.15) is 34.5 Å². The van der Waals surface area contributed by atoms with E-state index in [4.69, 9.17) is 11.6 Å². The van der Waals surface area contributed by atoms with Gasteiger partial charge in [-0.05, 0) is 55.7 Å².